The molecule has 0 aliphatic heterocycles. The Labute approximate surface area is 101 Å². The van der Waals surface area contributed by atoms with Crippen LogP contribution in [0.15, 0.2) is 42.7 Å². The van der Waals surface area contributed by atoms with E-state index in [1.165, 1.54) is 18.4 Å². The van der Waals surface area contributed by atoms with Gasteiger partial charge in [-0.3, -0.25) is 0 Å². The molecule has 1 unspecified atom stereocenters. The van der Waals surface area contributed by atoms with Crippen molar-refractivity contribution < 1.29 is 0 Å². The lowest BCUT2D eigenvalue weighted by molar-refractivity contribution is 0.529. The van der Waals surface area contributed by atoms with Gasteiger partial charge in [0.2, 0.25) is 0 Å². The fraction of sp³-hybridized carbons (Fsp3) is 0.357. The monoisotopic (exact) mass is 227 g/mol. The fourth-order valence-corrected chi connectivity index (χ4v) is 2.32. The highest BCUT2D eigenvalue weighted by atomic mass is 15.3. The first-order valence-corrected chi connectivity index (χ1v) is 6.16. The van der Waals surface area contributed by atoms with Crippen molar-refractivity contribution in [1.82, 2.24) is 15.1 Å². The number of aromatic nitrogens is 2. The van der Waals surface area contributed by atoms with Crippen LogP contribution in [-0.4, -0.2) is 16.8 Å². The van der Waals surface area contributed by atoms with Gasteiger partial charge in [0.1, 0.15) is 0 Å². The Morgan fingerprint density at radius 1 is 1.29 bits per heavy atom. The molecule has 2 aromatic rings. The Morgan fingerprint density at radius 2 is 2.06 bits per heavy atom. The van der Waals surface area contributed by atoms with Crippen molar-refractivity contribution >= 4 is 0 Å². The second-order valence-electron chi connectivity index (χ2n) is 4.66. The summed E-state index contributed by atoms with van der Waals surface area (Å²) in [6, 6.07) is 10.7. The SMILES string of the molecule is CNC(c1cnn(-c2ccccc2)c1)C1CC1. The lowest BCUT2D eigenvalue weighted by Crippen LogP contribution is -2.17. The molecule has 1 saturated carbocycles. The van der Waals surface area contributed by atoms with E-state index in [4.69, 9.17) is 0 Å². The minimum atomic E-state index is 0.465. The maximum Gasteiger partial charge on any atom is 0.0645 e. The number of nitrogens with one attached hydrogen (secondary N) is 1. The van der Waals surface area contributed by atoms with E-state index in [2.05, 4.69) is 28.7 Å². The van der Waals surface area contributed by atoms with Gasteiger partial charge < -0.3 is 5.32 Å². The lowest BCUT2D eigenvalue weighted by Gasteiger charge is -2.12. The maximum atomic E-state index is 4.44. The highest BCUT2D eigenvalue weighted by molar-refractivity contribution is 5.31. The zero-order chi connectivity index (χ0) is 11.7. The largest absolute Gasteiger partial charge is 0.313 e. The molecule has 17 heavy (non-hydrogen) atoms. The predicted octanol–water partition coefficient (Wildman–Crippen LogP) is 2.54. The summed E-state index contributed by atoms with van der Waals surface area (Å²) in [5.74, 6) is 0.799. The number of benzene rings is 1. The molecule has 0 radical (unpaired) electrons. The third-order valence-electron chi connectivity index (χ3n) is 3.39. The number of para-hydroxylation sites is 1. The Bertz CT molecular complexity index is 485. The van der Waals surface area contributed by atoms with Crippen molar-refractivity contribution in [1.29, 1.82) is 0 Å². The summed E-state index contributed by atoms with van der Waals surface area (Å²) >= 11 is 0. The van der Waals surface area contributed by atoms with E-state index in [1.54, 1.807) is 0 Å². The second-order valence-corrected chi connectivity index (χ2v) is 4.66. The van der Waals surface area contributed by atoms with E-state index in [0.29, 0.717) is 6.04 Å². The van der Waals surface area contributed by atoms with Crippen molar-refractivity contribution in [3.8, 4) is 5.69 Å². The summed E-state index contributed by atoms with van der Waals surface area (Å²) in [4.78, 5) is 0. The Kier molecular flexibility index (Phi) is 2.69. The molecule has 0 spiro atoms. The fourth-order valence-electron chi connectivity index (χ4n) is 2.32. The van der Waals surface area contributed by atoms with Gasteiger partial charge in [0.25, 0.3) is 0 Å². The van der Waals surface area contributed by atoms with Crippen LogP contribution < -0.4 is 5.32 Å². The zero-order valence-corrected chi connectivity index (χ0v) is 10.0. The van der Waals surface area contributed by atoms with Gasteiger partial charge in [-0.2, -0.15) is 5.10 Å². The normalized spacial score (nSPS) is 17.0. The summed E-state index contributed by atoms with van der Waals surface area (Å²) < 4.78 is 1.95. The molecule has 1 aromatic heterocycles. The van der Waals surface area contributed by atoms with Crippen molar-refractivity contribution in [2.45, 2.75) is 18.9 Å². The van der Waals surface area contributed by atoms with Crippen LogP contribution in [0.3, 0.4) is 0 Å². The topological polar surface area (TPSA) is 29.9 Å². The standard InChI is InChI=1S/C14H17N3/c1-15-14(11-7-8-11)12-9-16-17(10-12)13-5-3-2-4-6-13/h2-6,9-11,14-15H,7-8H2,1H3. The molecule has 0 amide bonds. The van der Waals surface area contributed by atoms with Crippen molar-refractivity contribution in [2.75, 3.05) is 7.05 Å². The summed E-state index contributed by atoms with van der Waals surface area (Å²) in [6.07, 6.45) is 6.78. The summed E-state index contributed by atoms with van der Waals surface area (Å²) in [7, 11) is 2.03. The third-order valence-corrected chi connectivity index (χ3v) is 3.39. The summed E-state index contributed by atoms with van der Waals surface area (Å²) in [5, 5.41) is 7.83. The summed E-state index contributed by atoms with van der Waals surface area (Å²) in [6.45, 7) is 0. The predicted molar refractivity (Wildman–Crippen MR) is 68.1 cm³/mol. The van der Waals surface area contributed by atoms with Crippen LogP contribution in [0.25, 0.3) is 5.69 Å². The van der Waals surface area contributed by atoms with Gasteiger partial charge in [-0.05, 0) is 37.9 Å². The van der Waals surface area contributed by atoms with Gasteiger partial charge in [0, 0.05) is 17.8 Å². The van der Waals surface area contributed by atoms with Crippen molar-refractivity contribution in [2.24, 2.45) is 5.92 Å². The minimum absolute atomic E-state index is 0.465. The van der Waals surface area contributed by atoms with E-state index in [0.717, 1.165) is 11.6 Å². The number of rotatable bonds is 4. The first-order chi connectivity index (χ1) is 8.38. The molecule has 1 atom stereocenters. The molecule has 3 nitrogen and oxygen atoms in total. The van der Waals surface area contributed by atoms with Gasteiger partial charge in [0.05, 0.1) is 11.9 Å². The van der Waals surface area contributed by atoms with Crippen LogP contribution in [-0.2, 0) is 0 Å². The van der Waals surface area contributed by atoms with Gasteiger partial charge in [-0.15, -0.1) is 0 Å². The van der Waals surface area contributed by atoms with Gasteiger partial charge in [-0.1, -0.05) is 18.2 Å². The van der Waals surface area contributed by atoms with Crippen LogP contribution in [0.2, 0.25) is 0 Å². The molecule has 0 bridgehead atoms. The average Bonchev–Trinajstić information content (AvgIpc) is 3.09. The zero-order valence-electron chi connectivity index (χ0n) is 10.0. The molecule has 1 aliphatic rings. The van der Waals surface area contributed by atoms with Gasteiger partial charge in [0.15, 0.2) is 0 Å². The number of hydrogen-bond acceptors (Lipinski definition) is 2. The Morgan fingerprint density at radius 3 is 2.71 bits per heavy atom. The van der Waals surface area contributed by atoms with E-state index < -0.39 is 0 Å². The molecule has 88 valence electrons. The molecule has 0 saturated heterocycles. The number of nitrogens with zero attached hydrogens (tertiary/aromatic N) is 2. The smallest absolute Gasteiger partial charge is 0.0645 e. The highest BCUT2D eigenvalue weighted by Gasteiger charge is 2.31. The molecule has 1 heterocycles. The molecule has 1 aromatic carbocycles. The molecular formula is C14H17N3. The van der Waals surface area contributed by atoms with Crippen LogP contribution >= 0.6 is 0 Å². The lowest BCUT2D eigenvalue weighted by atomic mass is 10.1. The maximum absolute atomic E-state index is 4.44. The van der Waals surface area contributed by atoms with E-state index >= 15 is 0 Å². The van der Waals surface area contributed by atoms with Gasteiger partial charge >= 0.3 is 0 Å². The quantitative estimate of drug-likeness (QED) is 0.870. The first-order valence-electron chi connectivity index (χ1n) is 6.16. The third kappa shape index (κ3) is 2.11. The average molecular weight is 227 g/mol. The van der Waals surface area contributed by atoms with E-state index in [9.17, 15) is 0 Å². The summed E-state index contributed by atoms with van der Waals surface area (Å²) in [5.41, 5.74) is 2.41. The van der Waals surface area contributed by atoms with E-state index in [1.807, 2.05) is 36.1 Å². The van der Waals surface area contributed by atoms with Crippen LogP contribution in [0.5, 0.6) is 0 Å². The van der Waals surface area contributed by atoms with E-state index in [-0.39, 0.29) is 0 Å². The number of hydrogen-bond donors (Lipinski definition) is 1. The minimum Gasteiger partial charge on any atom is -0.313 e. The first kappa shape index (κ1) is 10.5. The molecule has 3 rings (SSSR count). The Balaban J connectivity index is 1.87. The Hall–Kier alpha value is -1.61. The molecule has 1 N–H and O–H groups in total. The van der Waals surface area contributed by atoms with Crippen LogP contribution in [0.1, 0.15) is 24.4 Å². The van der Waals surface area contributed by atoms with Gasteiger partial charge in [-0.25, -0.2) is 4.68 Å². The van der Waals surface area contributed by atoms with Crippen LogP contribution in [0.4, 0.5) is 0 Å². The van der Waals surface area contributed by atoms with Crippen molar-refractivity contribution in [3.05, 3.63) is 48.3 Å². The second kappa shape index (κ2) is 4.34. The molecule has 1 fully saturated rings. The molecular weight excluding hydrogens is 210 g/mol. The van der Waals surface area contributed by atoms with Crippen LogP contribution in [0, 0.1) is 5.92 Å². The molecule has 3 heteroatoms. The molecule has 1 aliphatic carbocycles. The highest BCUT2D eigenvalue weighted by Crippen LogP contribution is 2.40. The van der Waals surface area contributed by atoms with Crippen molar-refractivity contribution in [3.63, 3.8) is 0 Å².